The van der Waals surface area contributed by atoms with Crippen molar-refractivity contribution in [1.82, 2.24) is 9.88 Å². The van der Waals surface area contributed by atoms with Gasteiger partial charge >= 0.3 is 0 Å². The minimum absolute atomic E-state index is 0.00758. The van der Waals surface area contributed by atoms with Gasteiger partial charge in [-0.1, -0.05) is 23.7 Å². The maximum atomic E-state index is 12.7. The second-order valence-corrected chi connectivity index (χ2v) is 6.21. The number of halogens is 1. The van der Waals surface area contributed by atoms with E-state index in [-0.39, 0.29) is 5.91 Å². The van der Waals surface area contributed by atoms with Crippen LogP contribution in [0.4, 0.5) is 5.82 Å². The first kappa shape index (κ1) is 16.6. The summed E-state index contributed by atoms with van der Waals surface area (Å²) in [6, 6.07) is 11.4. The summed E-state index contributed by atoms with van der Waals surface area (Å²) in [4.78, 5) is 18.7. The van der Waals surface area contributed by atoms with Crippen molar-refractivity contribution in [3.8, 4) is 5.75 Å². The van der Waals surface area contributed by atoms with Crippen molar-refractivity contribution < 1.29 is 9.53 Å². The number of hydrogen-bond acceptors (Lipinski definition) is 4. The molecule has 24 heavy (non-hydrogen) atoms. The third-order valence-electron chi connectivity index (χ3n) is 4.36. The quantitative estimate of drug-likeness (QED) is 0.863. The largest absolute Gasteiger partial charge is 0.497 e. The summed E-state index contributed by atoms with van der Waals surface area (Å²) in [6.07, 6.45) is 0.954. The number of likely N-dealkylation sites (tertiary alicyclic amines) is 1. The number of anilines is 1. The molecular formula is C18H20ClN3O2. The van der Waals surface area contributed by atoms with Gasteiger partial charge in [-0.15, -0.1) is 0 Å². The molecule has 0 aliphatic carbocycles. The number of nitrogens with one attached hydrogen (secondary N) is 1. The lowest BCUT2D eigenvalue weighted by Gasteiger charge is -2.17. The molecule has 1 aliphatic rings. The van der Waals surface area contributed by atoms with Crippen molar-refractivity contribution in [3.05, 3.63) is 52.7 Å². The van der Waals surface area contributed by atoms with Gasteiger partial charge in [0.05, 0.1) is 7.11 Å². The lowest BCUT2D eigenvalue weighted by molar-refractivity contribution is 0.0790. The van der Waals surface area contributed by atoms with Gasteiger partial charge in [-0.25, -0.2) is 4.98 Å². The molecule has 0 radical (unpaired) electrons. The SMILES string of the molecule is CNc1cc(C(=O)N2CC[C@@H](c3ccc(OC)cc3)C2)cc(Cl)n1. The third-order valence-corrected chi connectivity index (χ3v) is 4.55. The minimum atomic E-state index is -0.00758. The Balaban J connectivity index is 1.72. The van der Waals surface area contributed by atoms with Gasteiger partial charge in [-0.2, -0.15) is 0 Å². The molecule has 126 valence electrons. The number of benzene rings is 1. The van der Waals surface area contributed by atoms with Crippen LogP contribution in [0.5, 0.6) is 5.75 Å². The van der Waals surface area contributed by atoms with Crippen LogP contribution in [0.15, 0.2) is 36.4 Å². The van der Waals surface area contributed by atoms with E-state index < -0.39 is 0 Å². The van der Waals surface area contributed by atoms with Crippen molar-refractivity contribution in [2.75, 3.05) is 32.6 Å². The van der Waals surface area contributed by atoms with Crippen LogP contribution < -0.4 is 10.1 Å². The molecule has 0 saturated carbocycles. The number of methoxy groups -OCH3 is 1. The van der Waals surface area contributed by atoms with E-state index in [9.17, 15) is 4.79 Å². The third kappa shape index (κ3) is 3.46. The highest BCUT2D eigenvalue weighted by Gasteiger charge is 2.28. The zero-order valence-electron chi connectivity index (χ0n) is 13.8. The molecule has 6 heteroatoms. The van der Waals surface area contributed by atoms with E-state index in [1.807, 2.05) is 17.0 Å². The molecule has 1 saturated heterocycles. The maximum Gasteiger partial charge on any atom is 0.254 e. The van der Waals surface area contributed by atoms with E-state index in [1.165, 1.54) is 5.56 Å². The predicted octanol–water partition coefficient (Wildman–Crippen LogP) is 3.42. The molecule has 1 aromatic carbocycles. The number of aromatic nitrogens is 1. The molecule has 0 unspecified atom stereocenters. The van der Waals surface area contributed by atoms with Crippen LogP contribution in [-0.2, 0) is 0 Å². The number of nitrogens with zero attached hydrogens (tertiary/aromatic N) is 2. The molecule has 1 N–H and O–H groups in total. The number of rotatable bonds is 4. The summed E-state index contributed by atoms with van der Waals surface area (Å²) in [5, 5.41) is 3.24. The van der Waals surface area contributed by atoms with Gasteiger partial charge in [0.25, 0.3) is 5.91 Å². The number of pyridine rings is 1. The fraction of sp³-hybridized carbons (Fsp3) is 0.333. The summed E-state index contributed by atoms with van der Waals surface area (Å²) in [5.41, 5.74) is 1.80. The van der Waals surface area contributed by atoms with Crippen LogP contribution in [0.1, 0.15) is 28.3 Å². The van der Waals surface area contributed by atoms with Crippen LogP contribution in [0.25, 0.3) is 0 Å². The number of carbonyl (C=O) groups is 1. The number of hydrogen-bond donors (Lipinski definition) is 1. The van der Waals surface area contributed by atoms with Gasteiger partial charge in [0.15, 0.2) is 0 Å². The standard InChI is InChI=1S/C18H20ClN3O2/c1-20-17-10-14(9-16(19)21-17)18(23)22-8-7-13(11-22)12-3-5-15(24-2)6-4-12/h3-6,9-10,13H,7-8,11H2,1-2H3,(H,20,21)/t13-/m1/s1. The lowest BCUT2D eigenvalue weighted by Crippen LogP contribution is -2.28. The fourth-order valence-corrected chi connectivity index (χ4v) is 3.23. The zero-order valence-corrected chi connectivity index (χ0v) is 14.5. The molecule has 0 bridgehead atoms. The van der Waals surface area contributed by atoms with Gasteiger partial charge in [0.1, 0.15) is 16.7 Å². The summed E-state index contributed by atoms with van der Waals surface area (Å²) in [6.45, 7) is 1.45. The average Bonchev–Trinajstić information content (AvgIpc) is 3.10. The van der Waals surface area contributed by atoms with E-state index in [2.05, 4.69) is 22.4 Å². The zero-order chi connectivity index (χ0) is 17.1. The first-order valence-electron chi connectivity index (χ1n) is 7.89. The summed E-state index contributed by atoms with van der Waals surface area (Å²) >= 11 is 6.00. The molecule has 5 nitrogen and oxygen atoms in total. The van der Waals surface area contributed by atoms with Gasteiger partial charge in [0, 0.05) is 31.6 Å². The van der Waals surface area contributed by atoms with Crippen molar-refractivity contribution >= 4 is 23.3 Å². The molecular weight excluding hydrogens is 326 g/mol. The van der Waals surface area contributed by atoms with Crippen LogP contribution in [0.2, 0.25) is 5.15 Å². The van der Waals surface area contributed by atoms with E-state index in [0.717, 1.165) is 18.7 Å². The Morgan fingerprint density at radius 2 is 2.08 bits per heavy atom. The van der Waals surface area contributed by atoms with Crippen LogP contribution >= 0.6 is 11.6 Å². The fourth-order valence-electron chi connectivity index (χ4n) is 3.02. The Labute approximate surface area is 146 Å². The van der Waals surface area contributed by atoms with E-state index >= 15 is 0 Å². The summed E-state index contributed by atoms with van der Waals surface area (Å²) in [5.74, 6) is 1.78. The van der Waals surface area contributed by atoms with Gasteiger partial charge in [-0.05, 0) is 36.2 Å². The van der Waals surface area contributed by atoms with E-state index in [4.69, 9.17) is 16.3 Å². The molecule has 0 spiro atoms. The summed E-state index contributed by atoms with van der Waals surface area (Å²) in [7, 11) is 3.41. The molecule has 2 aromatic rings. The van der Waals surface area contributed by atoms with Gasteiger partial charge in [0.2, 0.25) is 0 Å². The van der Waals surface area contributed by atoms with Crippen molar-refractivity contribution in [3.63, 3.8) is 0 Å². The van der Waals surface area contributed by atoms with Crippen LogP contribution in [0.3, 0.4) is 0 Å². The molecule has 1 fully saturated rings. The Bertz CT molecular complexity index is 734. The highest BCUT2D eigenvalue weighted by molar-refractivity contribution is 6.29. The molecule has 3 rings (SSSR count). The lowest BCUT2D eigenvalue weighted by atomic mass is 9.98. The monoisotopic (exact) mass is 345 g/mol. The van der Waals surface area contributed by atoms with E-state index in [1.54, 1.807) is 26.3 Å². The first-order chi connectivity index (χ1) is 11.6. The number of carbonyl (C=O) groups excluding carboxylic acids is 1. The van der Waals surface area contributed by atoms with Gasteiger partial charge < -0.3 is 15.0 Å². The first-order valence-corrected chi connectivity index (χ1v) is 8.27. The Kier molecular flexibility index (Phi) is 4.90. The minimum Gasteiger partial charge on any atom is -0.497 e. The van der Waals surface area contributed by atoms with Crippen molar-refractivity contribution in [1.29, 1.82) is 0 Å². The van der Waals surface area contributed by atoms with Crippen molar-refractivity contribution in [2.24, 2.45) is 0 Å². The Hall–Kier alpha value is -2.27. The summed E-state index contributed by atoms with van der Waals surface area (Å²) < 4.78 is 5.19. The normalized spacial score (nSPS) is 17.0. The maximum absolute atomic E-state index is 12.7. The highest BCUT2D eigenvalue weighted by atomic mass is 35.5. The van der Waals surface area contributed by atoms with Gasteiger partial charge in [-0.3, -0.25) is 4.79 Å². The topological polar surface area (TPSA) is 54.5 Å². The molecule has 1 aromatic heterocycles. The van der Waals surface area contributed by atoms with Crippen LogP contribution in [-0.4, -0.2) is 43.0 Å². The molecule has 1 atom stereocenters. The highest BCUT2D eigenvalue weighted by Crippen LogP contribution is 2.29. The predicted molar refractivity (Wildman–Crippen MR) is 95.0 cm³/mol. The second-order valence-electron chi connectivity index (χ2n) is 5.82. The Morgan fingerprint density at radius 1 is 1.33 bits per heavy atom. The van der Waals surface area contributed by atoms with E-state index in [0.29, 0.717) is 29.0 Å². The Morgan fingerprint density at radius 3 is 2.75 bits per heavy atom. The molecule has 1 amide bonds. The smallest absolute Gasteiger partial charge is 0.254 e. The second kappa shape index (κ2) is 7.09. The number of amides is 1. The molecule has 1 aliphatic heterocycles. The number of ether oxygens (including phenoxy) is 1. The molecule has 2 heterocycles. The van der Waals surface area contributed by atoms with Crippen LogP contribution in [0, 0.1) is 0 Å². The average molecular weight is 346 g/mol. The van der Waals surface area contributed by atoms with Crippen molar-refractivity contribution in [2.45, 2.75) is 12.3 Å².